The number of ether oxygens (including phenoxy) is 2. The quantitative estimate of drug-likeness (QED) is 0.408. The Morgan fingerprint density at radius 1 is 1.18 bits per heavy atom. The van der Waals surface area contributed by atoms with Crippen molar-refractivity contribution in [2.24, 2.45) is 0 Å². The van der Waals surface area contributed by atoms with E-state index >= 15 is 0 Å². The summed E-state index contributed by atoms with van der Waals surface area (Å²) in [4.78, 5) is 25.3. The molecule has 1 amide bonds. The van der Waals surface area contributed by atoms with Gasteiger partial charge in [-0.05, 0) is 43.5 Å². The molecule has 8 nitrogen and oxygen atoms in total. The van der Waals surface area contributed by atoms with Crippen molar-refractivity contribution in [3.63, 3.8) is 0 Å². The number of carbonyl (C=O) groups is 1. The fraction of sp³-hybridized carbons (Fsp3) is 0.280. The highest BCUT2D eigenvalue weighted by Gasteiger charge is 2.41. The average Bonchev–Trinajstić information content (AvgIpc) is 3.46. The van der Waals surface area contributed by atoms with Crippen LogP contribution < -0.4 is 14.8 Å². The third kappa shape index (κ3) is 4.54. The van der Waals surface area contributed by atoms with Crippen molar-refractivity contribution in [3.8, 4) is 23.0 Å². The predicted octanol–water partition coefficient (Wildman–Crippen LogP) is 4.25. The first-order valence-corrected chi connectivity index (χ1v) is 11.4. The van der Waals surface area contributed by atoms with Crippen LogP contribution in [0.5, 0.6) is 11.6 Å². The number of fused-ring (bicyclic) bond motifs is 1. The number of likely N-dealkylation sites (N-methyl/N-ethyl adjacent to an activating group) is 1. The summed E-state index contributed by atoms with van der Waals surface area (Å²) in [6, 6.07) is 15.4. The summed E-state index contributed by atoms with van der Waals surface area (Å²) in [6.45, 7) is 2.52. The van der Waals surface area contributed by atoms with E-state index in [1.807, 2.05) is 28.8 Å². The summed E-state index contributed by atoms with van der Waals surface area (Å²) < 4.78 is 13.7. The van der Waals surface area contributed by atoms with Crippen LogP contribution >= 0.6 is 11.6 Å². The highest BCUT2D eigenvalue weighted by atomic mass is 35.5. The Morgan fingerprint density at radius 3 is 2.68 bits per heavy atom. The van der Waals surface area contributed by atoms with Gasteiger partial charge in [0.25, 0.3) is 5.91 Å². The largest absolute Gasteiger partial charge is 0.484 e. The smallest absolute Gasteiger partial charge is 0.257 e. The molecule has 1 fully saturated rings. The summed E-state index contributed by atoms with van der Waals surface area (Å²) in [7, 11) is 1.56. The lowest BCUT2D eigenvalue weighted by Crippen LogP contribution is -2.24. The van der Waals surface area contributed by atoms with Crippen molar-refractivity contribution in [2.75, 3.05) is 13.7 Å². The van der Waals surface area contributed by atoms with E-state index in [1.54, 1.807) is 19.2 Å². The van der Waals surface area contributed by atoms with Gasteiger partial charge in [0.1, 0.15) is 23.5 Å². The predicted molar refractivity (Wildman–Crippen MR) is 129 cm³/mol. The van der Waals surface area contributed by atoms with Gasteiger partial charge >= 0.3 is 0 Å². The molecule has 0 radical (unpaired) electrons. The number of rotatable bonds is 8. The van der Waals surface area contributed by atoms with E-state index in [2.05, 4.69) is 34.3 Å². The van der Waals surface area contributed by atoms with Gasteiger partial charge in [0.05, 0.1) is 11.6 Å². The van der Waals surface area contributed by atoms with E-state index in [1.165, 1.54) is 6.33 Å². The van der Waals surface area contributed by atoms with Gasteiger partial charge in [-0.2, -0.15) is 4.98 Å². The molecule has 4 aromatic rings. The molecule has 1 aliphatic carbocycles. The van der Waals surface area contributed by atoms with E-state index in [0.717, 1.165) is 18.4 Å². The number of amides is 1. The van der Waals surface area contributed by atoms with Crippen LogP contribution in [0.25, 0.3) is 22.6 Å². The first-order chi connectivity index (χ1) is 16.5. The lowest BCUT2D eigenvalue weighted by Gasteiger charge is -2.12. The molecule has 5 rings (SSSR count). The molecular weight excluding hydrogens is 454 g/mol. The molecule has 0 bridgehead atoms. The van der Waals surface area contributed by atoms with Gasteiger partial charge in [-0.15, -0.1) is 0 Å². The highest BCUT2D eigenvalue weighted by molar-refractivity contribution is 6.33. The molecule has 1 aliphatic rings. The number of carbonyl (C=O) groups excluding carboxylic acids is 1. The zero-order valence-corrected chi connectivity index (χ0v) is 19.7. The molecule has 0 spiro atoms. The minimum atomic E-state index is -0.222. The molecule has 1 N–H and O–H groups in total. The molecule has 0 unspecified atom stereocenters. The van der Waals surface area contributed by atoms with Crippen LogP contribution in [0.2, 0.25) is 5.02 Å². The number of halogens is 1. The van der Waals surface area contributed by atoms with Crippen LogP contribution in [-0.2, 0) is 11.3 Å². The van der Waals surface area contributed by atoms with E-state index in [-0.39, 0.29) is 18.1 Å². The van der Waals surface area contributed by atoms with Crippen molar-refractivity contribution in [1.29, 1.82) is 0 Å². The monoisotopic (exact) mass is 477 g/mol. The second kappa shape index (κ2) is 8.95. The Labute approximate surface area is 201 Å². The Morgan fingerprint density at radius 2 is 1.97 bits per heavy atom. The summed E-state index contributed by atoms with van der Waals surface area (Å²) >= 11 is 6.67. The number of hydrogen-bond donors (Lipinski definition) is 1. The van der Waals surface area contributed by atoms with Crippen molar-refractivity contribution >= 4 is 28.7 Å². The number of benzene rings is 2. The first kappa shape index (κ1) is 22.2. The number of nitrogens with zero attached hydrogens (tertiary/aromatic N) is 4. The third-order valence-electron chi connectivity index (χ3n) is 5.81. The van der Waals surface area contributed by atoms with E-state index in [0.29, 0.717) is 45.7 Å². The standard InChI is InChI=1S/C25H24ClN5O3/c1-25(10-11-25)34-24-21-23(28-15-29-24)31(13-16-6-4-3-5-7-16)22(30-21)18-9-8-17(12-19(18)26)33-14-20(32)27-2/h3-9,12,15H,10-11,13-14H2,1-2H3,(H,27,32). The fourth-order valence-electron chi connectivity index (χ4n) is 3.61. The molecular formula is C25H24ClN5O3. The number of hydrogen-bond acceptors (Lipinski definition) is 6. The molecule has 0 atom stereocenters. The van der Waals surface area contributed by atoms with Gasteiger partial charge in [0.2, 0.25) is 5.88 Å². The summed E-state index contributed by atoms with van der Waals surface area (Å²) in [5.41, 5.74) is 2.87. The molecule has 1 saturated carbocycles. The third-order valence-corrected chi connectivity index (χ3v) is 6.12. The Hall–Kier alpha value is -3.65. The maximum absolute atomic E-state index is 11.5. The minimum Gasteiger partial charge on any atom is -0.484 e. The van der Waals surface area contributed by atoms with E-state index < -0.39 is 0 Å². The second-order valence-electron chi connectivity index (χ2n) is 8.51. The van der Waals surface area contributed by atoms with Gasteiger partial charge in [-0.1, -0.05) is 41.9 Å². The number of aromatic nitrogens is 4. The maximum Gasteiger partial charge on any atom is 0.257 e. The van der Waals surface area contributed by atoms with Crippen LogP contribution in [0.15, 0.2) is 54.9 Å². The molecule has 174 valence electrons. The number of nitrogens with one attached hydrogen (secondary N) is 1. The maximum atomic E-state index is 11.5. The zero-order chi connectivity index (χ0) is 23.7. The fourth-order valence-corrected chi connectivity index (χ4v) is 3.87. The van der Waals surface area contributed by atoms with Crippen LogP contribution in [-0.4, -0.2) is 44.7 Å². The van der Waals surface area contributed by atoms with Crippen molar-refractivity contribution in [3.05, 3.63) is 65.4 Å². The second-order valence-corrected chi connectivity index (χ2v) is 8.92. The normalized spacial score (nSPS) is 14.1. The molecule has 34 heavy (non-hydrogen) atoms. The molecule has 2 aromatic heterocycles. The van der Waals surface area contributed by atoms with Crippen LogP contribution in [0, 0.1) is 0 Å². The number of imidazole rings is 1. The van der Waals surface area contributed by atoms with E-state index in [4.69, 9.17) is 26.1 Å². The van der Waals surface area contributed by atoms with Gasteiger partial charge in [0.15, 0.2) is 17.8 Å². The minimum absolute atomic E-state index is 0.0895. The molecule has 0 aliphatic heterocycles. The summed E-state index contributed by atoms with van der Waals surface area (Å²) in [5, 5.41) is 2.97. The highest BCUT2D eigenvalue weighted by Crippen LogP contribution is 2.41. The van der Waals surface area contributed by atoms with E-state index in [9.17, 15) is 4.79 Å². The Balaban J connectivity index is 1.58. The van der Waals surface area contributed by atoms with Crippen molar-refractivity contribution in [2.45, 2.75) is 31.9 Å². The summed E-state index contributed by atoms with van der Waals surface area (Å²) in [5.74, 6) is 1.39. The molecule has 0 saturated heterocycles. The van der Waals surface area contributed by atoms with Crippen LogP contribution in [0.3, 0.4) is 0 Å². The SMILES string of the molecule is CNC(=O)COc1ccc(-c2nc3c(OC4(C)CC4)ncnc3n2Cc2ccccc2)c(Cl)c1. The van der Waals surface area contributed by atoms with Gasteiger partial charge < -0.3 is 19.4 Å². The topological polar surface area (TPSA) is 91.2 Å². The lowest BCUT2D eigenvalue weighted by molar-refractivity contribution is -0.122. The first-order valence-electron chi connectivity index (χ1n) is 11.0. The molecule has 2 aromatic carbocycles. The molecule has 9 heteroatoms. The lowest BCUT2D eigenvalue weighted by atomic mass is 10.2. The van der Waals surface area contributed by atoms with Crippen LogP contribution in [0.4, 0.5) is 0 Å². The summed E-state index contributed by atoms with van der Waals surface area (Å²) in [6.07, 6.45) is 3.48. The van der Waals surface area contributed by atoms with Crippen molar-refractivity contribution in [1.82, 2.24) is 24.8 Å². The van der Waals surface area contributed by atoms with Crippen LogP contribution in [0.1, 0.15) is 25.3 Å². The molecule has 2 heterocycles. The average molecular weight is 478 g/mol. The Kier molecular flexibility index (Phi) is 5.83. The van der Waals surface area contributed by atoms with Gasteiger partial charge in [-0.3, -0.25) is 4.79 Å². The van der Waals surface area contributed by atoms with Gasteiger partial charge in [0, 0.05) is 12.6 Å². The van der Waals surface area contributed by atoms with Gasteiger partial charge in [-0.25, -0.2) is 9.97 Å². The Bertz CT molecular complexity index is 1350. The zero-order valence-electron chi connectivity index (χ0n) is 18.9. The van der Waals surface area contributed by atoms with Crippen molar-refractivity contribution < 1.29 is 14.3 Å².